The molecule has 0 aliphatic carbocycles. The molecule has 4 heterocycles. The van der Waals surface area contributed by atoms with Gasteiger partial charge in [0.15, 0.2) is 15.9 Å². The second kappa shape index (κ2) is 14.7. The summed E-state index contributed by atoms with van der Waals surface area (Å²) in [4.78, 5) is 47.9. The van der Waals surface area contributed by atoms with Crippen LogP contribution in [0.15, 0.2) is 40.9 Å². The molecule has 48 heavy (non-hydrogen) atoms. The molecule has 0 unspecified atom stereocenters. The van der Waals surface area contributed by atoms with Gasteiger partial charge in [-0.2, -0.15) is 0 Å². The topological polar surface area (TPSA) is 140 Å². The third-order valence-electron chi connectivity index (χ3n) is 10.1. The van der Waals surface area contributed by atoms with Gasteiger partial charge in [0.25, 0.3) is 5.91 Å². The number of nitrogens with zero attached hydrogens (tertiary/aromatic N) is 4. The van der Waals surface area contributed by atoms with Crippen LogP contribution in [0.2, 0.25) is 0 Å². The number of rotatable bonds is 6. The zero-order valence-electron chi connectivity index (χ0n) is 26.9. The molecule has 2 aromatic carbocycles. The van der Waals surface area contributed by atoms with Crippen molar-refractivity contribution in [1.82, 2.24) is 19.6 Å². The zero-order chi connectivity index (χ0) is 34.0. The lowest BCUT2D eigenvalue weighted by Gasteiger charge is -2.41. The highest BCUT2D eigenvalue weighted by Gasteiger charge is 2.37. The summed E-state index contributed by atoms with van der Waals surface area (Å²) < 4.78 is 30.1. The Balaban J connectivity index is 1.08. The number of amides is 4. The number of urea groups is 1. The number of phenols is 1. The number of hydrogen-bond donors (Lipinski definition) is 2. The van der Waals surface area contributed by atoms with Gasteiger partial charge in [0, 0.05) is 70.0 Å². The first kappa shape index (κ1) is 34.6. The number of aromatic hydroxyl groups is 1. The summed E-state index contributed by atoms with van der Waals surface area (Å²) in [6, 6.07) is 11.1. The maximum absolute atomic E-state index is 13.9. The van der Waals surface area contributed by atoms with Gasteiger partial charge in [0.05, 0.1) is 16.0 Å². The van der Waals surface area contributed by atoms with Gasteiger partial charge in [-0.05, 0) is 71.3 Å². The highest BCUT2D eigenvalue weighted by atomic mass is 79.9. The lowest BCUT2D eigenvalue weighted by atomic mass is 9.91. The van der Waals surface area contributed by atoms with E-state index in [0.29, 0.717) is 81.5 Å². The minimum Gasteiger partial charge on any atom is -0.507 e. The predicted molar refractivity (Wildman–Crippen MR) is 185 cm³/mol. The Labute approximate surface area is 291 Å². The monoisotopic (exact) mass is 741 g/mol. The quantitative estimate of drug-likeness (QED) is 0.431. The molecule has 2 radical (unpaired) electrons. The van der Waals surface area contributed by atoms with Crippen molar-refractivity contribution >= 4 is 62.8 Å². The summed E-state index contributed by atoms with van der Waals surface area (Å²) in [5.41, 5.74) is 2.69. The van der Waals surface area contributed by atoms with Crippen molar-refractivity contribution in [3.63, 3.8) is 0 Å². The molecule has 6 rings (SSSR count). The molecule has 256 valence electrons. The van der Waals surface area contributed by atoms with E-state index in [1.54, 1.807) is 21.9 Å². The van der Waals surface area contributed by atoms with Gasteiger partial charge in [-0.25, -0.2) is 18.0 Å². The number of fused-ring (bicyclic) bond motifs is 1. The van der Waals surface area contributed by atoms with Crippen LogP contribution < -0.4 is 10.8 Å². The number of likely N-dealkylation sites (tertiary alicyclic amines) is 2. The number of ether oxygens (including phenoxy) is 1. The molecule has 12 nitrogen and oxygen atoms in total. The van der Waals surface area contributed by atoms with E-state index in [9.17, 15) is 27.9 Å². The van der Waals surface area contributed by atoms with Gasteiger partial charge in [-0.15, -0.1) is 0 Å². The lowest BCUT2D eigenvalue weighted by molar-refractivity contribution is -0.142. The summed E-state index contributed by atoms with van der Waals surface area (Å²) in [6.07, 6.45) is 1.69. The number of para-hydroxylation sites is 1. The van der Waals surface area contributed by atoms with Crippen molar-refractivity contribution in [1.29, 1.82) is 0 Å². The average Bonchev–Trinajstić information content (AvgIpc) is 3.24. The Kier molecular flexibility index (Phi) is 10.6. The minimum atomic E-state index is -2.98. The fourth-order valence-electron chi connectivity index (χ4n) is 7.23. The van der Waals surface area contributed by atoms with Crippen LogP contribution in [0.25, 0.3) is 0 Å². The number of anilines is 1. The molecule has 0 bridgehead atoms. The molecule has 0 spiro atoms. The number of halogens is 1. The fraction of sp³-hybridized carbons (Fsp3) is 0.545. The van der Waals surface area contributed by atoms with Crippen molar-refractivity contribution in [3.05, 3.63) is 52.0 Å². The van der Waals surface area contributed by atoms with Crippen LogP contribution in [0.3, 0.4) is 0 Å². The van der Waals surface area contributed by atoms with Gasteiger partial charge in [-0.3, -0.25) is 9.69 Å². The largest absolute Gasteiger partial charge is 0.507 e. The predicted octanol–water partition coefficient (Wildman–Crippen LogP) is 2.27. The maximum atomic E-state index is 13.9. The van der Waals surface area contributed by atoms with Gasteiger partial charge < -0.3 is 29.9 Å². The molecule has 0 saturated carbocycles. The van der Waals surface area contributed by atoms with Crippen LogP contribution in [-0.4, -0.2) is 135 Å². The molecule has 3 saturated heterocycles. The number of sulfone groups is 1. The number of benzene rings is 2. The Hall–Kier alpha value is -3.30. The number of hydrogen-bond acceptors (Lipinski definition) is 8. The smallest absolute Gasteiger partial charge is 0.410 e. The van der Waals surface area contributed by atoms with Crippen molar-refractivity contribution in [3.8, 4) is 5.75 Å². The van der Waals surface area contributed by atoms with Crippen LogP contribution in [0.1, 0.15) is 36.8 Å². The van der Waals surface area contributed by atoms with Crippen LogP contribution in [0.5, 0.6) is 5.75 Å². The lowest BCUT2D eigenvalue weighted by Crippen LogP contribution is -2.54. The van der Waals surface area contributed by atoms with Crippen molar-refractivity contribution in [2.24, 2.45) is 0 Å². The van der Waals surface area contributed by atoms with Crippen LogP contribution >= 0.6 is 15.9 Å². The molecule has 0 aromatic heterocycles. The van der Waals surface area contributed by atoms with Crippen molar-refractivity contribution in [2.75, 3.05) is 62.6 Å². The van der Waals surface area contributed by atoms with Gasteiger partial charge in [-0.1, -0.05) is 29.7 Å². The summed E-state index contributed by atoms with van der Waals surface area (Å²) in [5.74, 6) is -0.0872. The molecule has 1 atom stereocenters. The van der Waals surface area contributed by atoms with Crippen LogP contribution in [-0.2, 0) is 32.2 Å². The molecular formula is C33H41BBrN5O7S. The van der Waals surface area contributed by atoms with Gasteiger partial charge >= 0.3 is 12.1 Å². The van der Waals surface area contributed by atoms with E-state index in [2.05, 4.69) is 26.1 Å². The van der Waals surface area contributed by atoms with Crippen LogP contribution in [0, 0.1) is 0 Å². The molecular weight excluding hydrogens is 701 g/mol. The molecule has 4 amide bonds. The van der Waals surface area contributed by atoms with E-state index in [4.69, 9.17) is 12.6 Å². The fourth-order valence-corrected chi connectivity index (χ4v) is 8.98. The normalized spacial score (nSPS) is 21.6. The van der Waals surface area contributed by atoms with Crippen LogP contribution in [0.4, 0.5) is 15.3 Å². The van der Waals surface area contributed by atoms with Crippen molar-refractivity contribution in [2.45, 2.75) is 56.7 Å². The van der Waals surface area contributed by atoms with Gasteiger partial charge in [0.1, 0.15) is 13.6 Å². The van der Waals surface area contributed by atoms with Crippen molar-refractivity contribution < 1.29 is 32.6 Å². The van der Waals surface area contributed by atoms with E-state index in [0.717, 1.165) is 17.7 Å². The highest BCUT2D eigenvalue weighted by molar-refractivity contribution is 9.10. The van der Waals surface area contributed by atoms with E-state index in [1.165, 1.54) is 0 Å². The molecule has 4 aliphatic rings. The number of nitrogens with one attached hydrogen (secondary N) is 1. The third-order valence-corrected chi connectivity index (χ3v) is 12.3. The van der Waals surface area contributed by atoms with E-state index in [1.807, 2.05) is 29.2 Å². The average molecular weight is 743 g/mol. The van der Waals surface area contributed by atoms with E-state index >= 15 is 0 Å². The summed E-state index contributed by atoms with van der Waals surface area (Å²) in [6.45, 7) is 3.31. The first-order valence-corrected chi connectivity index (χ1v) is 19.2. The Bertz CT molecular complexity index is 1610. The summed E-state index contributed by atoms with van der Waals surface area (Å²) >= 11 is 3.31. The zero-order valence-corrected chi connectivity index (χ0v) is 29.3. The SMILES string of the molecule is [B]c1cc(C[C@@H](OC(=O)N2CCC(N3CCc4ccccc4NC3=O)CC2)C(=O)N2CCC(N3CCS(=O)(=O)CC3)CC2)cc(Br)c1O. The molecule has 4 aliphatic heterocycles. The maximum Gasteiger partial charge on any atom is 0.410 e. The Morgan fingerprint density at radius 3 is 2.29 bits per heavy atom. The molecule has 3 fully saturated rings. The Morgan fingerprint density at radius 2 is 1.60 bits per heavy atom. The molecule has 15 heteroatoms. The second-order valence-electron chi connectivity index (χ2n) is 13.1. The van der Waals surface area contributed by atoms with E-state index < -0.39 is 22.0 Å². The highest BCUT2D eigenvalue weighted by Crippen LogP contribution is 2.27. The number of phenolic OH excluding ortho intramolecular Hbond substituents is 1. The summed E-state index contributed by atoms with van der Waals surface area (Å²) in [7, 11) is 3.01. The molecule has 2 N–H and O–H groups in total. The first-order valence-electron chi connectivity index (χ1n) is 16.6. The standard InChI is InChI=1S/C33H41BBrN5O7S/c34-26-19-22(20-27(35)30(26)41)21-29(31(42)38-10-6-24(7-11-38)37-15-17-48(45,46)18-16-37)47-33(44)39-12-8-25(9-13-39)40-14-5-23-3-1-2-4-28(23)36-32(40)43/h1-4,19-20,24-25,29,41H,5-18,21H2,(H,36,43)/t29-/m1/s1. The first-order chi connectivity index (χ1) is 23.0. The summed E-state index contributed by atoms with van der Waals surface area (Å²) in [5, 5.41) is 13.2. The number of carbonyl (C=O) groups excluding carboxylic acids is 3. The van der Waals surface area contributed by atoms with E-state index in [-0.39, 0.29) is 53.2 Å². The minimum absolute atomic E-state index is 0.0283. The number of piperidine rings is 2. The second-order valence-corrected chi connectivity index (χ2v) is 16.2. The van der Waals surface area contributed by atoms with Gasteiger partial charge in [0.2, 0.25) is 0 Å². The Morgan fingerprint density at radius 1 is 0.958 bits per heavy atom. The molecule has 2 aromatic rings. The number of carbonyl (C=O) groups is 3. The third kappa shape index (κ3) is 7.94.